The Hall–Kier alpha value is -1.26. The zero-order valence-corrected chi connectivity index (χ0v) is 13.5. The molecule has 2 rings (SSSR count). The Morgan fingerprint density at radius 2 is 2.00 bits per heavy atom. The van der Waals surface area contributed by atoms with Crippen molar-refractivity contribution in [3.63, 3.8) is 0 Å². The first-order valence-corrected chi connectivity index (χ1v) is 8.00. The molecule has 0 aromatic rings. The lowest BCUT2D eigenvalue weighted by molar-refractivity contribution is -0.139. The van der Waals surface area contributed by atoms with Crippen LogP contribution in [0.1, 0.15) is 59.8 Å². The summed E-state index contributed by atoms with van der Waals surface area (Å²) in [6.07, 6.45) is 4.71. The maximum atomic E-state index is 12.2. The predicted molar refractivity (Wildman–Crippen MR) is 81.0 cm³/mol. The number of nitrogens with one attached hydrogen (secondary N) is 2. The molecule has 2 amide bonds. The van der Waals surface area contributed by atoms with E-state index in [-0.39, 0.29) is 22.9 Å². The van der Waals surface area contributed by atoms with Gasteiger partial charge in [0.15, 0.2) is 0 Å². The molecular formula is C16H28N2O3. The molecule has 2 aliphatic carbocycles. The van der Waals surface area contributed by atoms with Crippen LogP contribution >= 0.6 is 0 Å². The fraction of sp³-hybridized carbons (Fsp3) is 0.875. The van der Waals surface area contributed by atoms with Crippen molar-refractivity contribution in [3.8, 4) is 0 Å². The molecule has 5 heteroatoms. The van der Waals surface area contributed by atoms with Crippen LogP contribution in [0.5, 0.6) is 0 Å². The normalized spacial score (nSPS) is 34.5. The summed E-state index contributed by atoms with van der Waals surface area (Å²) in [5.41, 5.74) is 0.225. The Kier molecular flexibility index (Phi) is 4.22. The first-order chi connectivity index (χ1) is 9.70. The summed E-state index contributed by atoms with van der Waals surface area (Å²) < 4.78 is 0. The van der Waals surface area contributed by atoms with Gasteiger partial charge < -0.3 is 15.7 Å². The number of fused-ring (bicyclic) bond motifs is 2. The summed E-state index contributed by atoms with van der Waals surface area (Å²) in [4.78, 5) is 23.3. The van der Waals surface area contributed by atoms with Crippen molar-refractivity contribution >= 4 is 12.0 Å². The lowest BCUT2D eigenvalue weighted by atomic mass is 9.68. The van der Waals surface area contributed by atoms with E-state index in [1.807, 2.05) is 6.92 Å². The van der Waals surface area contributed by atoms with Gasteiger partial charge in [-0.1, -0.05) is 34.1 Å². The van der Waals surface area contributed by atoms with Crippen LogP contribution in [-0.2, 0) is 4.79 Å². The minimum absolute atomic E-state index is 0.0772. The van der Waals surface area contributed by atoms with E-state index in [0.29, 0.717) is 12.3 Å². The number of carboxylic acid groups (broad SMARTS) is 1. The molecule has 2 bridgehead atoms. The van der Waals surface area contributed by atoms with Gasteiger partial charge in [0.1, 0.15) is 6.04 Å². The highest BCUT2D eigenvalue weighted by molar-refractivity contribution is 5.82. The van der Waals surface area contributed by atoms with Gasteiger partial charge in [-0.2, -0.15) is 0 Å². The summed E-state index contributed by atoms with van der Waals surface area (Å²) in [6.45, 7) is 8.59. The van der Waals surface area contributed by atoms with Crippen LogP contribution in [0, 0.1) is 16.7 Å². The largest absolute Gasteiger partial charge is 0.480 e. The predicted octanol–water partition coefficient (Wildman–Crippen LogP) is 2.75. The highest BCUT2D eigenvalue weighted by Gasteiger charge is 2.59. The number of urea groups is 1. The Morgan fingerprint density at radius 1 is 1.33 bits per heavy atom. The minimum atomic E-state index is -0.967. The third-order valence-electron chi connectivity index (χ3n) is 5.73. The summed E-state index contributed by atoms with van der Waals surface area (Å²) in [5.74, 6) is -0.316. The third kappa shape index (κ3) is 2.87. The van der Waals surface area contributed by atoms with Crippen LogP contribution in [0.25, 0.3) is 0 Å². The molecule has 0 heterocycles. The van der Waals surface area contributed by atoms with Crippen LogP contribution in [0.4, 0.5) is 4.79 Å². The van der Waals surface area contributed by atoms with Crippen molar-refractivity contribution in [2.24, 2.45) is 16.7 Å². The number of carbonyl (C=O) groups is 2. The monoisotopic (exact) mass is 296 g/mol. The molecule has 5 nitrogen and oxygen atoms in total. The van der Waals surface area contributed by atoms with Crippen molar-refractivity contribution in [2.75, 3.05) is 0 Å². The van der Waals surface area contributed by atoms with Crippen LogP contribution in [0.3, 0.4) is 0 Å². The molecule has 0 aromatic carbocycles. The van der Waals surface area contributed by atoms with Gasteiger partial charge >= 0.3 is 12.0 Å². The Bertz CT molecular complexity index is 430. The van der Waals surface area contributed by atoms with E-state index in [0.717, 1.165) is 19.3 Å². The fourth-order valence-electron chi connectivity index (χ4n) is 4.54. The van der Waals surface area contributed by atoms with E-state index < -0.39 is 12.0 Å². The maximum Gasteiger partial charge on any atom is 0.326 e. The minimum Gasteiger partial charge on any atom is -0.480 e. The molecule has 0 spiro atoms. The Balaban J connectivity index is 2.01. The molecule has 4 atom stereocenters. The molecule has 3 unspecified atom stereocenters. The van der Waals surface area contributed by atoms with Gasteiger partial charge in [0, 0.05) is 6.04 Å². The van der Waals surface area contributed by atoms with E-state index in [1.54, 1.807) is 0 Å². The number of carboxylic acids is 1. The van der Waals surface area contributed by atoms with Gasteiger partial charge in [-0.25, -0.2) is 9.59 Å². The molecule has 0 aromatic heterocycles. The van der Waals surface area contributed by atoms with Crippen LogP contribution < -0.4 is 10.6 Å². The molecule has 3 N–H and O–H groups in total. The second-order valence-corrected chi connectivity index (χ2v) is 7.65. The van der Waals surface area contributed by atoms with Crippen LogP contribution in [0.15, 0.2) is 0 Å². The van der Waals surface area contributed by atoms with Crippen LogP contribution in [0.2, 0.25) is 0 Å². The van der Waals surface area contributed by atoms with Crippen LogP contribution in [-0.4, -0.2) is 29.2 Å². The number of carbonyl (C=O) groups excluding carboxylic acids is 1. The van der Waals surface area contributed by atoms with Gasteiger partial charge in [-0.05, 0) is 42.4 Å². The molecular weight excluding hydrogens is 268 g/mol. The lowest BCUT2D eigenvalue weighted by Crippen LogP contribution is -2.57. The van der Waals surface area contributed by atoms with Crippen molar-refractivity contribution in [1.29, 1.82) is 0 Å². The molecule has 120 valence electrons. The Labute approximate surface area is 126 Å². The van der Waals surface area contributed by atoms with Gasteiger partial charge in [-0.3, -0.25) is 0 Å². The fourth-order valence-corrected chi connectivity index (χ4v) is 4.54. The highest BCUT2D eigenvalue weighted by Crippen LogP contribution is 2.62. The number of hydrogen-bond acceptors (Lipinski definition) is 2. The number of rotatable bonds is 5. The zero-order valence-electron chi connectivity index (χ0n) is 13.5. The van der Waals surface area contributed by atoms with Gasteiger partial charge in [-0.15, -0.1) is 0 Å². The van der Waals surface area contributed by atoms with Gasteiger partial charge in [0.2, 0.25) is 0 Å². The maximum absolute atomic E-state index is 12.2. The Morgan fingerprint density at radius 3 is 2.48 bits per heavy atom. The van der Waals surface area contributed by atoms with E-state index in [4.69, 9.17) is 5.11 Å². The molecule has 21 heavy (non-hydrogen) atoms. The number of hydrogen-bond donors (Lipinski definition) is 3. The topological polar surface area (TPSA) is 78.4 Å². The molecule has 0 saturated heterocycles. The van der Waals surface area contributed by atoms with Crippen molar-refractivity contribution in [3.05, 3.63) is 0 Å². The summed E-state index contributed by atoms with van der Waals surface area (Å²) in [5, 5.41) is 14.8. The van der Waals surface area contributed by atoms with Crippen molar-refractivity contribution in [1.82, 2.24) is 10.6 Å². The van der Waals surface area contributed by atoms with Gasteiger partial charge in [0.25, 0.3) is 0 Å². The molecule has 2 saturated carbocycles. The SMILES string of the molecule is CCC[C@H](NC(=O)NC1C2(C)CCC(C2)C1(C)C)C(=O)O. The zero-order chi connectivity index (χ0) is 15.8. The average Bonchev–Trinajstić information content (AvgIpc) is 2.85. The number of aliphatic carboxylic acids is 1. The lowest BCUT2D eigenvalue weighted by Gasteiger charge is -2.43. The van der Waals surface area contributed by atoms with Crippen molar-refractivity contribution < 1.29 is 14.7 Å². The molecule has 0 radical (unpaired) electrons. The second-order valence-electron chi connectivity index (χ2n) is 7.65. The van der Waals surface area contributed by atoms with Gasteiger partial charge in [0.05, 0.1) is 0 Å². The molecule has 0 aliphatic heterocycles. The number of amides is 2. The first kappa shape index (κ1) is 16.1. The first-order valence-electron chi connectivity index (χ1n) is 8.00. The summed E-state index contributed by atoms with van der Waals surface area (Å²) in [7, 11) is 0. The summed E-state index contributed by atoms with van der Waals surface area (Å²) >= 11 is 0. The summed E-state index contributed by atoms with van der Waals surface area (Å²) in [6, 6.07) is -1.04. The van der Waals surface area contributed by atoms with E-state index in [2.05, 4.69) is 31.4 Å². The standard InChI is InChI=1S/C16H28N2O3/c1-5-6-11(12(19)20)17-14(21)18-13-15(2,3)10-7-8-16(13,4)9-10/h10-11,13H,5-9H2,1-4H3,(H,19,20)(H2,17,18,21)/t10?,11-,13?,16?/m0/s1. The van der Waals surface area contributed by atoms with Crippen molar-refractivity contribution in [2.45, 2.75) is 71.9 Å². The quantitative estimate of drug-likeness (QED) is 0.730. The molecule has 2 fully saturated rings. The third-order valence-corrected chi connectivity index (χ3v) is 5.73. The van der Waals surface area contributed by atoms with E-state index in [1.165, 1.54) is 6.42 Å². The average molecular weight is 296 g/mol. The second kappa shape index (κ2) is 5.50. The van der Waals surface area contributed by atoms with E-state index >= 15 is 0 Å². The van der Waals surface area contributed by atoms with E-state index in [9.17, 15) is 9.59 Å². The highest BCUT2D eigenvalue weighted by atomic mass is 16.4. The smallest absolute Gasteiger partial charge is 0.326 e. The molecule has 2 aliphatic rings.